The van der Waals surface area contributed by atoms with Gasteiger partial charge in [-0.05, 0) is 20.3 Å². The Labute approximate surface area is 128 Å². The van der Waals surface area contributed by atoms with E-state index in [0.29, 0.717) is 26.1 Å². The molecule has 4 unspecified atom stereocenters. The van der Waals surface area contributed by atoms with E-state index in [9.17, 15) is 4.79 Å². The van der Waals surface area contributed by atoms with Crippen molar-refractivity contribution in [2.75, 3.05) is 19.7 Å². The summed E-state index contributed by atoms with van der Waals surface area (Å²) >= 11 is 0. The van der Waals surface area contributed by atoms with Gasteiger partial charge in [-0.2, -0.15) is 0 Å². The molecule has 4 atom stereocenters. The van der Waals surface area contributed by atoms with Crippen LogP contribution in [0.5, 0.6) is 0 Å². The molecule has 5 heteroatoms. The number of nitrogens with zero attached hydrogens (tertiary/aromatic N) is 1. The van der Waals surface area contributed by atoms with Gasteiger partial charge in [-0.3, -0.25) is 4.79 Å². The second-order valence-corrected chi connectivity index (χ2v) is 7.03. The van der Waals surface area contributed by atoms with Gasteiger partial charge in [0.1, 0.15) is 5.54 Å². The highest BCUT2D eigenvalue weighted by Crippen LogP contribution is 2.50. The Hall–Kier alpha value is -0.650. The van der Waals surface area contributed by atoms with Crippen LogP contribution in [-0.4, -0.2) is 54.4 Å². The maximum absolute atomic E-state index is 13.0. The summed E-state index contributed by atoms with van der Waals surface area (Å²) in [6.45, 7) is 12.1. The molecule has 1 amide bonds. The average Bonchev–Trinajstić information content (AvgIpc) is 2.45. The van der Waals surface area contributed by atoms with Crippen LogP contribution in [0.15, 0.2) is 0 Å². The molecule has 1 aliphatic heterocycles. The molecule has 2 rings (SSSR count). The Morgan fingerprint density at radius 3 is 2.57 bits per heavy atom. The number of hydrogen-bond donors (Lipinski definition) is 1. The highest BCUT2D eigenvalue weighted by atomic mass is 16.5. The van der Waals surface area contributed by atoms with Gasteiger partial charge in [0, 0.05) is 31.5 Å². The second kappa shape index (κ2) is 5.86. The maximum atomic E-state index is 13.0. The standard InChI is InChI=1S/C16H30N2O3/c1-6-12-10-18(9-11(3)21-12)14(19)16(17)8-13(20-7-2)15(16,4)5/h11-13H,6-10,17H2,1-5H3. The van der Waals surface area contributed by atoms with E-state index < -0.39 is 5.54 Å². The van der Waals surface area contributed by atoms with Crippen molar-refractivity contribution in [3.8, 4) is 0 Å². The van der Waals surface area contributed by atoms with Gasteiger partial charge in [-0.15, -0.1) is 0 Å². The molecular weight excluding hydrogens is 268 g/mol. The predicted molar refractivity (Wildman–Crippen MR) is 81.9 cm³/mol. The van der Waals surface area contributed by atoms with Gasteiger partial charge in [0.05, 0.1) is 18.3 Å². The van der Waals surface area contributed by atoms with Gasteiger partial charge in [0.2, 0.25) is 5.91 Å². The molecule has 0 spiro atoms. The zero-order chi connectivity index (χ0) is 15.8. The molecule has 5 nitrogen and oxygen atoms in total. The monoisotopic (exact) mass is 298 g/mol. The van der Waals surface area contributed by atoms with Crippen molar-refractivity contribution in [1.82, 2.24) is 4.90 Å². The first kappa shape index (κ1) is 16.7. The lowest BCUT2D eigenvalue weighted by Gasteiger charge is -2.59. The fourth-order valence-electron chi connectivity index (χ4n) is 3.52. The molecule has 1 heterocycles. The van der Waals surface area contributed by atoms with Crippen molar-refractivity contribution in [2.24, 2.45) is 11.1 Å². The Morgan fingerprint density at radius 2 is 2.05 bits per heavy atom. The van der Waals surface area contributed by atoms with Gasteiger partial charge in [0.15, 0.2) is 0 Å². The number of hydrogen-bond acceptors (Lipinski definition) is 4. The van der Waals surface area contributed by atoms with Crippen molar-refractivity contribution in [3.05, 3.63) is 0 Å². The molecule has 1 saturated carbocycles. The number of ether oxygens (including phenoxy) is 2. The normalized spacial score (nSPS) is 39.0. The first-order valence-electron chi connectivity index (χ1n) is 8.11. The van der Waals surface area contributed by atoms with Crippen LogP contribution in [-0.2, 0) is 14.3 Å². The van der Waals surface area contributed by atoms with Crippen molar-refractivity contribution in [2.45, 2.75) is 71.3 Å². The van der Waals surface area contributed by atoms with Crippen molar-refractivity contribution in [1.29, 1.82) is 0 Å². The van der Waals surface area contributed by atoms with E-state index in [1.807, 2.05) is 32.6 Å². The van der Waals surface area contributed by atoms with Crippen LogP contribution in [0.3, 0.4) is 0 Å². The molecule has 1 saturated heterocycles. The van der Waals surface area contributed by atoms with E-state index in [1.54, 1.807) is 0 Å². The van der Waals surface area contributed by atoms with E-state index in [4.69, 9.17) is 15.2 Å². The number of carbonyl (C=O) groups excluding carboxylic acids is 1. The summed E-state index contributed by atoms with van der Waals surface area (Å²) in [5, 5.41) is 0. The summed E-state index contributed by atoms with van der Waals surface area (Å²) in [6, 6.07) is 0. The van der Waals surface area contributed by atoms with E-state index in [1.165, 1.54) is 0 Å². The molecular formula is C16H30N2O3. The molecule has 0 aromatic carbocycles. The highest BCUT2D eigenvalue weighted by molar-refractivity contribution is 5.89. The van der Waals surface area contributed by atoms with Crippen molar-refractivity contribution < 1.29 is 14.3 Å². The van der Waals surface area contributed by atoms with Gasteiger partial charge in [-0.1, -0.05) is 20.8 Å². The summed E-state index contributed by atoms with van der Waals surface area (Å²) in [7, 11) is 0. The molecule has 2 N–H and O–H groups in total. The number of carbonyl (C=O) groups is 1. The van der Waals surface area contributed by atoms with Crippen LogP contribution >= 0.6 is 0 Å². The van der Waals surface area contributed by atoms with Crippen LogP contribution in [0.4, 0.5) is 0 Å². The van der Waals surface area contributed by atoms with Crippen LogP contribution < -0.4 is 5.73 Å². The Kier molecular flexibility index (Phi) is 4.66. The third-order valence-corrected chi connectivity index (χ3v) is 5.28. The van der Waals surface area contributed by atoms with E-state index in [0.717, 1.165) is 6.42 Å². The molecule has 0 aromatic rings. The lowest BCUT2D eigenvalue weighted by atomic mass is 9.54. The van der Waals surface area contributed by atoms with Gasteiger partial charge in [0.25, 0.3) is 0 Å². The first-order valence-corrected chi connectivity index (χ1v) is 8.11. The van der Waals surface area contributed by atoms with Gasteiger partial charge >= 0.3 is 0 Å². The molecule has 122 valence electrons. The fourth-order valence-corrected chi connectivity index (χ4v) is 3.52. The molecule has 21 heavy (non-hydrogen) atoms. The van der Waals surface area contributed by atoms with Crippen molar-refractivity contribution >= 4 is 5.91 Å². The summed E-state index contributed by atoms with van der Waals surface area (Å²) < 4.78 is 11.5. The SMILES string of the molecule is CCOC1CC(N)(C(=O)N2CC(C)OC(CC)C2)C1(C)C. The Balaban J connectivity index is 2.09. The summed E-state index contributed by atoms with van der Waals surface area (Å²) in [6.07, 6.45) is 1.78. The summed E-state index contributed by atoms with van der Waals surface area (Å²) in [5.41, 5.74) is 5.35. The smallest absolute Gasteiger partial charge is 0.243 e. The highest BCUT2D eigenvalue weighted by Gasteiger charge is 2.64. The molecule has 0 aromatic heterocycles. The van der Waals surface area contributed by atoms with E-state index >= 15 is 0 Å². The number of amides is 1. The lowest BCUT2D eigenvalue weighted by molar-refractivity contribution is -0.186. The van der Waals surface area contributed by atoms with Crippen molar-refractivity contribution in [3.63, 3.8) is 0 Å². The minimum absolute atomic E-state index is 0.0528. The predicted octanol–water partition coefficient (Wildman–Crippen LogP) is 1.54. The third kappa shape index (κ3) is 2.71. The quantitative estimate of drug-likeness (QED) is 0.855. The fraction of sp³-hybridized carbons (Fsp3) is 0.938. The molecule has 2 aliphatic rings. The zero-order valence-electron chi connectivity index (χ0n) is 14.0. The van der Waals surface area contributed by atoms with Gasteiger partial charge < -0.3 is 20.1 Å². The first-order chi connectivity index (χ1) is 9.76. The average molecular weight is 298 g/mol. The minimum Gasteiger partial charge on any atom is -0.378 e. The molecule has 2 fully saturated rings. The minimum atomic E-state index is -0.817. The second-order valence-electron chi connectivity index (χ2n) is 7.03. The Morgan fingerprint density at radius 1 is 1.38 bits per heavy atom. The van der Waals surface area contributed by atoms with Crippen LogP contribution in [0.1, 0.15) is 47.5 Å². The molecule has 1 aliphatic carbocycles. The number of morpholine rings is 1. The number of nitrogens with two attached hydrogens (primary N) is 1. The molecule has 0 radical (unpaired) electrons. The molecule has 0 bridgehead atoms. The largest absolute Gasteiger partial charge is 0.378 e. The summed E-state index contributed by atoms with van der Waals surface area (Å²) in [4.78, 5) is 14.9. The van der Waals surface area contributed by atoms with Crippen LogP contribution in [0.25, 0.3) is 0 Å². The lowest BCUT2D eigenvalue weighted by Crippen LogP contribution is -2.76. The summed E-state index contributed by atoms with van der Waals surface area (Å²) in [5.74, 6) is 0.0528. The number of rotatable bonds is 4. The van der Waals surface area contributed by atoms with Crippen LogP contribution in [0.2, 0.25) is 0 Å². The Bertz CT molecular complexity index is 399. The van der Waals surface area contributed by atoms with Gasteiger partial charge in [-0.25, -0.2) is 0 Å². The van der Waals surface area contributed by atoms with E-state index in [2.05, 4.69) is 6.92 Å². The van der Waals surface area contributed by atoms with E-state index in [-0.39, 0.29) is 29.6 Å². The maximum Gasteiger partial charge on any atom is 0.243 e. The third-order valence-electron chi connectivity index (χ3n) is 5.28. The van der Waals surface area contributed by atoms with Crippen LogP contribution in [0, 0.1) is 5.41 Å². The zero-order valence-corrected chi connectivity index (χ0v) is 14.0. The topological polar surface area (TPSA) is 64.8 Å².